The highest BCUT2D eigenvalue weighted by Gasteiger charge is 2.49. The maximum Gasteiger partial charge on any atom is 0.324 e. The molecule has 228 valence electrons. The van der Waals surface area contributed by atoms with Crippen LogP contribution in [0.4, 0.5) is 4.39 Å². The van der Waals surface area contributed by atoms with E-state index in [-0.39, 0.29) is 30.6 Å². The zero-order valence-corrected chi connectivity index (χ0v) is 24.5. The van der Waals surface area contributed by atoms with Crippen molar-refractivity contribution in [2.75, 3.05) is 19.7 Å². The summed E-state index contributed by atoms with van der Waals surface area (Å²) >= 11 is 0. The Labute approximate surface area is 253 Å². The summed E-state index contributed by atoms with van der Waals surface area (Å²) in [6.45, 7) is 4.33. The molecule has 1 aromatic heterocycles. The van der Waals surface area contributed by atoms with Gasteiger partial charge in [-0.2, -0.15) is 4.98 Å². The summed E-state index contributed by atoms with van der Waals surface area (Å²) in [5.41, 5.74) is 1.75. The highest BCUT2D eigenvalue weighted by molar-refractivity contribution is 6.00. The zero-order chi connectivity index (χ0) is 31.3. The van der Waals surface area contributed by atoms with Gasteiger partial charge in [0, 0.05) is 42.4 Å². The first-order chi connectivity index (χ1) is 21.1. The number of carboxylic acid groups (broad SMARTS) is 1. The number of halogens is 1. The van der Waals surface area contributed by atoms with E-state index in [9.17, 15) is 23.9 Å². The van der Waals surface area contributed by atoms with Gasteiger partial charge in [-0.3, -0.25) is 19.3 Å². The Hall–Kier alpha value is -4.90. The molecule has 1 aliphatic heterocycles. The Balaban J connectivity index is 1.18. The van der Waals surface area contributed by atoms with Crippen molar-refractivity contribution in [3.63, 3.8) is 0 Å². The zero-order valence-electron chi connectivity index (χ0n) is 24.5. The van der Waals surface area contributed by atoms with E-state index in [2.05, 4.69) is 20.4 Å². The Kier molecular flexibility index (Phi) is 9.15. The number of rotatable bonds is 10. The molecule has 0 aliphatic carbocycles. The van der Waals surface area contributed by atoms with Gasteiger partial charge in [0.15, 0.2) is 12.0 Å². The highest BCUT2D eigenvalue weighted by atomic mass is 19.1. The summed E-state index contributed by atoms with van der Waals surface area (Å²) in [6.07, 6.45) is 0.146. The number of carboxylic acids is 1. The monoisotopic (exact) mass is 600 g/mol. The summed E-state index contributed by atoms with van der Waals surface area (Å²) in [4.78, 5) is 43.2. The van der Waals surface area contributed by atoms with Crippen LogP contribution in [0.3, 0.4) is 0 Å². The lowest BCUT2D eigenvalue weighted by atomic mass is 9.78. The number of hydrogen-bond donors (Lipinski definition) is 2. The lowest BCUT2D eigenvalue weighted by Crippen LogP contribution is -2.50. The van der Waals surface area contributed by atoms with Crippen LogP contribution < -0.4 is 5.32 Å². The highest BCUT2D eigenvalue weighted by Crippen LogP contribution is 2.34. The number of aliphatic carboxylic acids is 1. The maximum atomic E-state index is 14.9. The third-order valence-corrected chi connectivity index (χ3v) is 7.64. The van der Waals surface area contributed by atoms with Crippen molar-refractivity contribution >= 4 is 17.8 Å². The lowest BCUT2D eigenvalue weighted by molar-refractivity contribution is -0.174. The molecule has 1 saturated heterocycles. The Morgan fingerprint density at radius 2 is 1.68 bits per heavy atom. The van der Waals surface area contributed by atoms with Crippen molar-refractivity contribution in [2.24, 2.45) is 5.41 Å². The van der Waals surface area contributed by atoms with E-state index in [4.69, 9.17) is 9.26 Å². The number of esters is 1. The minimum absolute atomic E-state index is 0.0730. The third kappa shape index (κ3) is 6.84. The molecule has 5 rings (SSSR count). The van der Waals surface area contributed by atoms with E-state index >= 15 is 0 Å². The summed E-state index contributed by atoms with van der Waals surface area (Å²) in [5.74, 6) is -2.42. The molecule has 44 heavy (non-hydrogen) atoms. The molecule has 0 atom stereocenters. The van der Waals surface area contributed by atoms with E-state index < -0.39 is 29.9 Å². The first kappa shape index (κ1) is 30.6. The second-order valence-corrected chi connectivity index (χ2v) is 11.1. The Morgan fingerprint density at radius 3 is 2.32 bits per heavy atom. The standard InChI is InChI=1S/C33H33FN4O6/c1-21(2)35-28(39)20-43-32(42)33(31(40)41)14-16-38(17-15-33)19-22-8-10-24(11-9-22)29-36-30(44-37-29)25-12-13-26(27(34)18-25)23-6-4-3-5-7-23/h3-13,18,21H,14-17,19-20H2,1-2H3,(H,35,39)(H,40,41). The van der Waals surface area contributed by atoms with Gasteiger partial charge >= 0.3 is 11.9 Å². The minimum Gasteiger partial charge on any atom is -0.480 e. The molecule has 2 N–H and O–H groups in total. The molecule has 11 heteroatoms. The number of hydrogen-bond acceptors (Lipinski definition) is 8. The average Bonchev–Trinajstić information content (AvgIpc) is 3.51. The van der Waals surface area contributed by atoms with E-state index in [1.807, 2.05) is 54.6 Å². The van der Waals surface area contributed by atoms with E-state index in [0.717, 1.165) is 16.7 Å². The van der Waals surface area contributed by atoms with Gasteiger partial charge < -0.3 is 19.7 Å². The number of carbonyl (C=O) groups is 3. The number of benzene rings is 3. The van der Waals surface area contributed by atoms with E-state index in [1.54, 1.807) is 26.0 Å². The number of nitrogens with one attached hydrogen (secondary N) is 1. The SMILES string of the molecule is CC(C)NC(=O)COC(=O)C1(C(=O)O)CCN(Cc2ccc(-c3noc(-c4ccc(-c5ccccc5)c(F)c4)n3)cc2)CC1. The molecule has 0 bridgehead atoms. The van der Waals surface area contributed by atoms with Crippen LogP contribution in [0.1, 0.15) is 32.3 Å². The molecule has 2 heterocycles. The van der Waals surface area contributed by atoms with Crippen LogP contribution in [0, 0.1) is 11.2 Å². The molecule has 0 saturated carbocycles. The van der Waals surface area contributed by atoms with Crippen LogP contribution in [0.5, 0.6) is 0 Å². The topological polar surface area (TPSA) is 135 Å². The number of nitrogens with zero attached hydrogens (tertiary/aromatic N) is 3. The van der Waals surface area contributed by atoms with Crippen LogP contribution >= 0.6 is 0 Å². The summed E-state index contributed by atoms with van der Waals surface area (Å²) in [7, 11) is 0. The number of piperidine rings is 1. The second kappa shape index (κ2) is 13.2. The maximum absolute atomic E-state index is 14.9. The molecular formula is C33H33FN4O6. The van der Waals surface area contributed by atoms with Crippen LogP contribution in [-0.4, -0.2) is 63.7 Å². The molecule has 1 aliphatic rings. The van der Waals surface area contributed by atoms with Crippen molar-refractivity contribution in [2.45, 2.75) is 39.3 Å². The molecule has 1 fully saturated rings. The normalized spacial score (nSPS) is 14.7. The van der Waals surface area contributed by atoms with Crippen LogP contribution in [-0.2, 0) is 25.7 Å². The van der Waals surface area contributed by atoms with E-state index in [0.29, 0.717) is 36.6 Å². The summed E-state index contributed by atoms with van der Waals surface area (Å²) in [6, 6.07) is 21.5. The van der Waals surface area contributed by atoms with Crippen LogP contribution in [0.15, 0.2) is 77.3 Å². The summed E-state index contributed by atoms with van der Waals surface area (Å²) < 4.78 is 25.4. The molecule has 10 nitrogen and oxygen atoms in total. The molecule has 0 unspecified atom stereocenters. The summed E-state index contributed by atoms with van der Waals surface area (Å²) in [5, 5.41) is 16.5. The fraction of sp³-hybridized carbons (Fsp3) is 0.303. The second-order valence-electron chi connectivity index (χ2n) is 11.1. The minimum atomic E-state index is -1.68. The molecule has 0 radical (unpaired) electrons. The smallest absolute Gasteiger partial charge is 0.324 e. The number of carbonyl (C=O) groups excluding carboxylic acids is 2. The number of aromatic nitrogens is 2. The van der Waals surface area contributed by atoms with Crippen molar-refractivity contribution in [3.05, 3.63) is 84.2 Å². The quantitative estimate of drug-likeness (QED) is 0.192. The van der Waals surface area contributed by atoms with Gasteiger partial charge in [0.2, 0.25) is 5.82 Å². The molecule has 0 spiro atoms. The van der Waals surface area contributed by atoms with Gasteiger partial charge in [0.25, 0.3) is 11.8 Å². The van der Waals surface area contributed by atoms with Crippen molar-refractivity contribution in [1.82, 2.24) is 20.4 Å². The number of ether oxygens (including phenoxy) is 1. The third-order valence-electron chi connectivity index (χ3n) is 7.64. The molecule has 3 aromatic carbocycles. The predicted molar refractivity (Wildman–Crippen MR) is 159 cm³/mol. The van der Waals surface area contributed by atoms with Crippen LogP contribution in [0.2, 0.25) is 0 Å². The predicted octanol–water partition coefficient (Wildman–Crippen LogP) is 4.94. The van der Waals surface area contributed by atoms with Crippen LogP contribution in [0.25, 0.3) is 34.0 Å². The van der Waals surface area contributed by atoms with Gasteiger partial charge in [-0.15, -0.1) is 0 Å². The van der Waals surface area contributed by atoms with Gasteiger partial charge in [-0.25, -0.2) is 4.39 Å². The van der Waals surface area contributed by atoms with E-state index in [1.165, 1.54) is 6.07 Å². The van der Waals surface area contributed by atoms with Gasteiger partial charge in [0.1, 0.15) is 5.82 Å². The van der Waals surface area contributed by atoms with Crippen molar-refractivity contribution in [3.8, 4) is 34.0 Å². The number of amides is 1. The molecule has 4 aromatic rings. The van der Waals surface area contributed by atoms with Gasteiger partial charge in [0.05, 0.1) is 0 Å². The Bertz CT molecular complexity index is 1630. The molecular weight excluding hydrogens is 567 g/mol. The first-order valence-electron chi connectivity index (χ1n) is 14.4. The fourth-order valence-electron chi connectivity index (χ4n) is 5.21. The number of likely N-dealkylation sites (tertiary alicyclic amines) is 1. The first-order valence-corrected chi connectivity index (χ1v) is 14.4. The molecule has 1 amide bonds. The average molecular weight is 601 g/mol. The van der Waals surface area contributed by atoms with Crippen molar-refractivity contribution < 1.29 is 33.1 Å². The lowest BCUT2D eigenvalue weighted by Gasteiger charge is -2.37. The van der Waals surface area contributed by atoms with Crippen molar-refractivity contribution in [1.29, 1.82) is 0 Å². The van der Waals surface area contributed by atoms with Gasteiger partial charge in [-0.05, 0) is 49.9 Å². The Morgan fingerprint density at radius 1 is 1.00 bits per heavy atom. The fourth-order valence-corrected chi connectivity index (χ4v) is 5.21. The van der Waals surface area contributed by atoms with Gasteiger partial charge in [-0.1, -0.05) is 65.8 Å². The largest absolute Gasteiger partial charge is 0.480 e.